The molecule has 4 fully saturated rings. The number of hydrogen-bond acceptors (Lipinski definition) is 4. The highest BCUT2D eigenvalue weighted by atomic mass is 16.4. The fraction of sp³-hybridized carbons (Fsp3) is 0.667. The molecule has 18 heavy (non-hydrogen) atoms. The first kappa shape index (κ1) is 11.4. The first-order valence-corrected chi connectivity index (χ1v) is 5.89. The third kappa shape index (κ3) is 0.996. The average molecular weight is 252 g/mol. The van der Waals surface area contributed by atoms with E-state index < -0.39 is 34.6 Å². The molecule has 0 unspecified atom stereocenters. The van der Waals surface area contributed by atoms with Crippen LogP contribution in [0.4, 0.5) is 0 Å². The molecule has 0 amide bonds. The Morgan fingerprint density at radius 1 is 0.944 bits per heavy atom. The van der Waals surface area contributed by atoms with Crippen LogP contribution >= 0.6 is 0 Å². The van der Waals surface area contributed by atoms with Gasteiger partial charge < -0.3 is 10.2 Å². The van der Waals surface area contributed by atoms with E-state index in [9.17, 15) is 29.4 Å². The minimum Gasteiger partial charge on any atom is -0.480 e. The molecule has 0 aromatic heterocycles. The number of Topliss-reactive ketones (excluding diaryl/α,β-unsaturated/α-hetero) is 2. The average Bonchev–Trinajstić information content (AvgIpc) is 2.27. The van der Waals surface area contributed by atoms with Crippen molar-refractivity contribution in [3.63, 3.8) is 0 Å². The van der Waals surface area contributed by atoms with Crippen LogP contribution in [0.25, 0.3) is 0 Å². The van der Waals surface area contributed by atoms with Crippen molar-refractivity contribution in [1.29, 1.82) is 0 Å². The maximum Gasteiger partial charge on any atom is 0.317 e. The van der Waals surface area contributed by atoms with Gasteiger partial charge in [-0.1, -0.05) is 0 Å². The number of aliphatic carboxylic acids is 2. The molecule has 6 heteroatoms. The fourth-order valence-electron chi connectivity index (χ4n) is 4.10. The van der Waals surface area contributed by atoms with Crippen LogP contribution in [0, 0.1) is 22.7 Å². The Kier molecular flexibility index (Phi) is 1.89. The quantitative estimate of drug-likeness (QED) is 0.674. The number of carbonyl (C=O) groups is 4. The highest BCUT2D eigenvalue weighted by Crippen LogP contribution is 2.62. The minimum atomic E-state index is -1.64. The van der Waals surface area contributed by atoms with E-state index in [-0.39, 0.29) is 30.8 Å². The van der Waals surface area contributed by atoms with Crippen molar-refractivity contribution in [2.45, 2.75) is 25.7 Å². The fourth-order valence-corrected chi connectivity index (χ4v) is 4.10. The molecule has 4 bridgehead atoms. The van der Waals surface area contributed by atoms with Gasteiger partial charge in [0.15, 0.2) is 11.6 Å². The van der Waals surface area contributed by atoms with E-state index >= 15 is 0 Å². The lowest BCUT2D eigenvalue weighted by atomic mass is 9.43. The molecule has 96 valence electrons. The Morgan fingerprint density at radius 2 is 1.33 bits per heavy atom. The monoisotopic (exact) mass is 252 g/mol. The molecule has 4 rings (SSSR count). The molecule has 4 aliphatic carbocycles. The first-order valence-electron chi connectivity index (χ1n) is 5.89. The van der Waals surface area contributed by atoms with Gasteiger partial charge in [-0.2, -0.15) is 0 Å². The molecule has 0 aromatic rings. The number of ketones is 2. The summed E-state index contributed by atoms with van der Waals surface area (Å²) in [5, 5.41) is 18.6. The summed E-state index contributed by atoms with van der Waals surface area (Å²) < 4.78 is 0. The summed E-state index contributed by atoms with van der Waals surface area (Å²) in [5.41, 5.74) is -3.28. The van der Waals surface area contributed by atoms with Gasteiger partial charge in [-0.3, -0.25) is 19.2 Å². The van der Waals surface area contributed by atoms with Crippen molar-refractivity contribution in [2.24, 2.45) is 22.7 Å². The van der Waals surface area contributed by atoms with Crippen LogP contribution < -0.4 is 0 Å². The van der Waals surface area contributed by atoms with Crippen LogP contribution in [0.5, 0.6) is 0 Å². The Labute approximate surface area is 102 Å². The molecular formula is C12H12O6. The number of carboxylic acid groups (broad SMARTS) is 2. The van der Waals surface area contributed by atoms with Crippen LogP contribution in [-0.2, 0) is 19.2 Å². The predicted octanol–water partition coefficient (Wildman–Crippen LogP) is 0.100. The molecule has 4 aliphatic rings. The van der Waals surface area contributed by atoms with Gasteiger partial charge in [-0.05, 0) is 25.7 Å². The maximum absolute atomic E-state index is 12.1. The molecule has 0 saturated heterocycles. The van der Waals surface area contributed by atoms with Crippen LogP contribution in [0.2, 0.25) is 0 Å². The van der Waals surface area contributed by atoms with Gasteiger partial charge in [-0.15, -0.1) is 0 Å². The number of carbonyl (C=O) groups excluding carboxylic acids is 2. The second kappa shape index (κ2) is 2.99. The summed E-state index contributed by atoms with van der Waals surface area (Å²) in [6.07, 6.45) is -0.0892. The lowest BCUT2D eigenvalue weighted by molar-refractivity contribution is -0.189. The Hall–Kier alpha value is -1.72. The largest absolute Gasteiger partial charge is 0.480 e. The second-order valence-corrected chi connectivity index (χ2v) is 5.72. The SMILES string of the molecule is O=C(O)[C@]12C[C@H]3C[C@@H](C[C@](C(=O)O)(C1)C3=O)C2=O. The van der Waals surface area contributed by atoms with Gasteiger partial charge in [0.1, 0.15) is 10.8 Å². The number of hydrogen-bond donors (Lipinski definition) is 2. The normalized spacial score (nSPS) is 45.3. The lowest BCUT2D eigenvalue weighted by Gasteiger charge is -2.55. The molecule has 2 N–H and O–H groups in total. The zero-order chi connectivity index (χ0) is 13.3. The van der Waals surface area contributed by atoms with Crippen molar-refractivity contribution in [3.05, 3.63) is 0 Å². The van der Waals surface area contributed by atoms with Crippen molar-refractivity contribution < 1.29 is 29.4 Å². The summed E-state index contributed by atoms with van der Waals surface area (Å²) in [6, 6.07) is 0. The molecule has 0 aromatic carbocycles. The van der Waals surface area contributed by atoms with E-state index in [0.717, 1.165) is 0 Å². The number of rotatable bonds is 2. The van der Waals surface area contributed by atoms with Crippen molar-refractivity contribution in [3.8, 4) is 0 Å². The molecular weight excluding hydrogens is 240 g/mol. The third-order valence-corrected chi connectivity index (χ3v) is 4.87. The minimum absolute atomic E-state index is 0.0223. The summed E-state index contributed by atoms with van der Waals surface area (Å²) in [5.74, 6) is -4.48. The molecule has 0 aliphatic heterocycles. The Balaban J connectivity index is 2.18. The summed E-state index contributed by atoms with van der Waals surface area (Å²) in [6.45, 7) is 0. The second-order valence-electron chi connectivity index (χ2n) is 5.72. The van der Waals surface area contributed by atoms with Gasteiger partial charge in [0.2, 0.25) is 0 Å². The maximum atomic E-state index is 12.1. The highest BCUT2D eigenvalue weighted by molar-refractivity contribution is 6.15. The zero-order valence-corrected chi connectivity index (χ0v) is 9.51. The molecule has 6 nitrogen and oxygen atoms in total. The van der Waals surface area contributed by atoms with Crippen molar-refractivity contribution >= 4 is 23.5 Å². The van der Waals surface area contributed by atoms with Crippen LogP contribution in [0.3, 0.4) is 0 Å². The van der Waals surface area contributed by atoms with Crippen LogP contribution in [0.15, 0.2) is 0 Å². The van der Waals surface area contributed by atoms with Gasteiger partial charge >= 0.3 is 11.9 Å². The van der Waals surface area contributed by atoms with Crippen molar-refractivity contribution in [2.75, 3.05) is 0 Å². The van der Waals surface area contributed by atoms with Crippen molar-refractivity contribution in [1.82, 2.24) is 0 Å². The summed E-state index contributed by atoms with van der Waals surface area (Å²) >= 11 is 0. The summed E-state index contributed by atoms with van der Waals surface area (Å²) in [4.78, 5) is 47.1. The Bertz CT molecular complexity index is 465. The van der Waals surface area contributed by atoms with E-state index in [0.29, 0.717) is 6.42 Å². The highest BCUT2D eigenvalue weighted by Gasteiger charge is 2.72. The Morgan fingerprint density at radius 3 is 1.67 bits per heavy atom. The standard InChI is InChI=1S/C12H12O6/c13-7-5-1-6-3-12(7,10(17)18)4-11(2-5,8(6)14)9(15)16/h5-6H,1-4H2,(H,15,16)(H,17,18)/t5-,6+,11-,12+. The van der Waals surface area contributed by atoms with E-state index in [1.54, 1.807) is 0 Å². The molecule has 4 atom stereocenters. The smallest absolute Gasteiger partial charge is 0.317 e. The molecule has 0 radical (unpaired) electrons. The van der Waals surface area contributed by atoms with Crippen LogP contribution in [-0.4, -0.2) is 33.7 Å². The van der Waals surface area contributed by atoms with Gasteiger partial charge in [0, 0.05) is 11.8 Å². The zero-order valence-electron chi connectivity index (χ0n) is 9.51. The lowest BCUT2D eigenvalue weighted by Crippen LogP contribution is -2.67. The molecule has 4 saturated carbocycles. The van der Waals surface area contributed by atoms with Gasteiger partial charge in [0.05, 0.1) is 0 Å². The predicted molar refractivity (Wildman–Crippen MR) is 55.6 cm³/mol. The van der Waals surface area contributed by atoms with Crippen LogP contribution in [0.1, 0.15) is 25.7 Å². The molecule has 0 spiro atoms. The topological polar surface area (TPSA) is 109 Å². The number of carboxylic acids is 2. The summed E-state index contributed by atoms with van der Waals surface area (Å²) in [7, 11) is 0. The van der Waals surface area contributed by atoms with Gasteiger partial charge in [0.25, 0.3) is 0 Å². The third-order valence-electron chi connectivity index (χ3n) is 4.87. The first-order chi connectivity index (χ1) is 8.33. The van der Waals surface area contributed by atoms with E-state index in [1.807, 2.05) is 0 Å². The van der Waals surface area contributed by atoms with E-state index in [2.05, 4.69) is 0 Å². The van der Waals surface area contributed by atoms with Gasteiger partial charge in [-0.25, -0.2) is 0 Å². The molecule has 0 heterocycles. The van der Waals surface area contributed by atoms with E-state index in [4.69, 9.17) is 0 Å². The van der Waals surface area contributed by atoms with E-state index in [1.165, 1.54) is 0 Å².